The van der Waals surface area contributed by atoms with Crippen LogP contribution < -0.4 is 14.2 Å². The summed E-state index contributed by atoms with van der Waals surface area (Å²) in [4.78, 5) is 15.0. The highest BCUT2D eigenvalue weighted by Crippen LogP contribution is 2.42. The van der Waals surface area contributed by atoms with E-state index in [1.807, 2.05) is 18.2 Å². The minimum Gasteiger partial charge on any atom is -0.496 e. The summed E-state index contributed by atoms with van der Waals surface area (Å²) < 4.78 is 31.4. The Kier molecular flexibility index (Phi) is 5.37. The lowest BCUT2D eigenvalue weighted by Crippen LogP contribution is -2.33. The van der Waals surface area contributed by atoms with Gasteiger partial charge in [-0.3, -0.25) is 9.69 Å². The lowest BCUT2D eigenvalue weighted by Gasteiger charge is -2.29. The van der Waals surface area contributed by atoms with Gasteiger partial charge in [0.2, 0.25) is 5.78 Å². The van der Waals surface area contributed by atoms with Gasteiger partial charge in [0, 0.05) is 18.7 Å². The molecular weight excluding hydrogens is 409 g/mol. The first-order valence-electron chi connectivity index (χ1n) is 10.5. The van der Waals surface area contributed by atoms with Gasteiger partial charge in [0.15, 0.2) is 5.76 Å². The highest BCUT2D eigenvalue weighted by Gasteiger charge is 2.33. The highest BCUT2D eigenvalue weighted by molar-refractivity contribution is 6.15. The molecule has 0 unspecified atom stereocenters. The van der Waals surface area contributed by atoms with Gasteiger partial charge in [-0.25, -0.2) is 4.39 Å². The summed E-state index contributed by atoms with van der Waals surface area (Å²) in [6.07, 6.45) is 2.25. The predicted octanol–water partition coefficient (Wildman–Crippen LogP) is 4.85. The number of rotatable bonds is 5. The first kappa shape index (κ1) is 20.3. The average molecular weight is 431 g/mol. The quantitative estimate of drug-likeness (QED) is 0.541. The zero-order valence-corrected chi connectivity index (χ0v) is 17.6. The van der Waals surface area contributed by atoms with Crippen molar-refractivity contribution in [3.8, 4) is 17.2 Å². The van der Waals surface area contributed by atoms with E-state index in [2.05, 4.69) is 11.0 Å². The molecule has 2 aliphatic heterocycles. The van der Waals surface area contributed by atoms with Crippen molar-refractivity contribution in [1.29, 1.82) is 0 Å². The standard InChI is InChI=1S/C26H22FNO4/c1-30-22-9-5-3-6-17(22)12-13-28-15-20-23(31-16-28)11-10-19-25(29)24(32-26(19)20)14-18-7-2-4-8-21(18)27/h2-11,14H,12-13,15-16H2,1H3/b24-14-. The molecule has 3 aromatic carbocycles. The molecule has 2 aliphatic rings. The average Bonchev–Trinajstić information content (AvgIpc) is 3.15. The van der Waals surface area contributed by atoms with Gasteiger partial charge >= 0.3 is 0 Å². The van der Waals surface area contributed by atoms with Gasteiger partial charge in [-0.2, -0.15) is 0 Å². The third-order valence-corrected chi connectivity index (χ3v) is 5.76. The number of nitrogens with zero attached hydrogens (tertiary/aromatic N) is 1. The van der Waals surface area contributed by atoms with Crippen LogP contribution in [-0.4, -0.2) is 31.1 Å². The number of methoxy groups -OCH3 is 1. The van der Waals surface area contributed by atoms with Gasteiger partial charge in [-0.05, 0) is 42.3 Å². The Labute approximate surface area is 185 Å². The predicted molar refractivity (Wildman–Crippen MR) is 118 cm³/mol. The van der Waals surface area contributed by atoms with Gasteiger partial charge in [0.1, 0.15) is 29.8 Å². The summed E-state index contributed by atoms with van der Waals surface area (Å²) in [5.74, 6) is 1.53. The minimum atomic E-state index is -0.403. The zero-order chi connectivity index (χ0) is 22.1. The number of para-hydroxylation sites is 1. The molecule has 3 aromatic rings. The molecule has 0 aliphatic carbocycles. The van der Waals surface area contributed by atoms with E-state index >= 15 is 0 Å². The van der Waals surface area contributed by atoms with Crippen LogP contribution in [0.2, 0.25) is 0 Å². The summed E-state index contributed by atoms with van der Waals surface area (Å²) in [5, 5.41) is 0. The number of ether oxygens (including phenoxy) is 3. The first-order valence-corrected chi connectivity index (χ1v) is 10.5. The van der Waals surface area contributed by atoms with Gasteiger partial charge < -0.3 is 14.2 Å². The Balaban J connectivity index is 1.37. The number of allylic oxidation sites excluding steroid dienone is 1. The van der Waals surface area contributed by atoms with E-state index in [0.29, 0.717) is 35.9 Å². The van der Waals surface area contributed by atoms with Crippen LogP contribution in [0.3, 0.4) is 0 Å². The molecular formula is C26H22FNO4. The van der Waals surface area contributed by atoms with E-state index < -0.39 is 5.82 Å². The second kappa shape index (κ2) is 8.48. The van der Waals surface area contributed by atoms with Gasteiger partial charge in [-0.15, -0.1) is 0 Å². The van der Waals surface area contributed by atoms with Crippen LogP contribution in [0, 0.1) is 5.82 Å². The minimum absolute atomic E-state index is 0.115. The number of Topliss-reactive ketones (excluding diaryl/α,β-unsaturated/α-hetero) is 1. The van der Waals surface area contributed by atoms with Crippen molar-refractivity contribution in [3.63, 3.8) is 0 Å². The van der Waals surface area contributed by atoms with Crippen molar-refractivity contribution in [3.05, 3.63) is 94.5 Å². The molecule has 0 saturated heterocycles. The third kappa shape index (κ3) is 3.74. The summed E-state index contributed by atoms with van der Waals surface area (Å²) in [6, 6.07) is 17.8. The van der Waals surface area contributed by atoms with Crippen LogP contribution in [-0.2, 0) is 13.0 Å². The fourth-order valence-corrected chi connectivity index (χ4v) is 4.07. The molecule has 0 fully saturated rings. The number of hydrogen-bond donors (Lipinski definition) is 0. The summed E-state index contributed by atoms with van der Waals surface area (Å²) in [5.41, 5.74) is 2.74. The number of hydrogen-bond acceptors (Lipinski definition) is 5. The van der Waals surface area contributed by atoms with Crippen LogP contribution >= 0.6 is 0 Å². The number of carbonyl (C=O) groups is 1. The van der Waals surface area contributed by atoms with E-state index in [1.165, 1.54) is 12.1 Å². The lowest BCUT2D eigenvalue weighted by atomic mass is 10.0. The molecule has 6 heteroatoms. The molecule has 0 N–H and O–H groups in total. The Morgan fingerprint density at radius 2 is 1.91 bits per heavy atom. The fourth-order valence-electron chi connectivity index (χ4n) is 4.07. The topological polar surface area (TPSA) is 48.0 Å². The Morgan fingerprint density at radius 3 is 2.75 bits per heavy atom. The molecule has 5 rings (SSSR count). The van der Waals surface area contributed by atoms with Crippen molar-refractivity contribution < 1.29 is 23.4 Å². The maximum atomic E-state index is 14.1. The second-order valence-electron chi connectivity index (χ2n) is 7.77. The van der Waals surface area contributed by atoms with Crippen molar-refractivity contribution in [1.82, 2.24) is 4.90 Å². The molecule has 5 nitrogen and oxygen atoms in total. The van der Waals surface area contributed by atoms with Crippen molar-refractivity contribution in [2.45, 2.75) is 13.0 Å². The Hall–Kier alpha value is -3.64. The lowest BCUT2D eigenvalue weighted by molar-refractivity contribution is 0.0948. The number of fused-ring (bicyclic) bond motifs is 3. The number of halogens is 1. The highest BCUT2D eigenvalue weighted by atomic mass is 19.1. The van der Waals surface area contributed by atoms with Crippen molar-refractivity contribution in [2.24, 2.45) is 0 Å². The zero-order valence-electron chi connectivity index (χ0n) is 17.6. The summed E-state index contributed by atoms with van der Waals surface area (Å²) in [6.45, 7) is 1.80. The fraction of sp³-hybridized carbons (Fsp3) is 0.192. The van der Waals surface area contributed by atoms with Crippen molar-refractivity contribution in [2.75, 3.05) is 20.4 Å². The maximum absolute atomic E-state index is 14.1. The molecule has 0 radical (unpaired) electrons. The number of carbonyl (C=O) groups excluding carboxylic acids is 1. The third-order valence-electron chi connectivity index (χ3n) is 5.76. The van der Waals surface area contributed by atoms with Gasteiger partial charge in [0.05, 0.1) is 18.2 Å². The smallest absolute Gasteiger partial charge is 0.231 e. The molecule has 162 valence electrons. The van der Waals surface area contributed by atoms with E-state index in [0.717, 1.165) is 29.8 Å². The SMILES string of the molecule is COc1ccccc1CCN1COc2ccc3c(c2C1)O/C(=C\c1ccccc1F)C3=O. The molecule has 0 amide bonds. The maximum Gasteiger partial charge on any atom is 0.231 e. The second-order valence-corrected chi connectivity index (χ2v) is 7.77. The molecule has 2 heterocycles. The summed E-state index contributed by atoms with van der Waals surface area (Å²) >= 11 is 0. The molecule has 0 saturated carbocycles. The molecule has 0 bridgehead atoms. The van der Waals surface area contributed by atoms with Gasteiger partial charge in [0.25, 0.3) is 0 Å². The normalized spacial score (nSPS) is 16.3. The molecule has 0 spiro atoms. The first-order chi connectivity index (χ1) is 15.6. The Morgan fingerprint density at radius 1 is 1.09 bits per heavy atom. The summed E-state index contributed by atoms with van der Waals surface area (Å²) in [7, 11) is 1.67. The molecule has 32 heavy (non-hydrogen) atoms. The Bertz CT molecular complexity index is 1220. The van der Waals surface area contributed by atoms with E-state index in [9.17, 15) is 9.18 Å². The largest absolute Gasteiger partial charge is 0.496 e. The van der Waals surface area contributed by atoms with E-state index in [1.54, 1.807) is 37.4 Å². The van der Waals surface area contributed by atoms with E-state index in [4.69, 9.17) is 14.2 Å². The molecule has 0 atom stereocenters. The van der Waals surface area contributed by atoms with Crippen LogP contribution in [0.15, 0.2) is 66.4 Å². The van der Waals surface area contributed by atoms with Crippen molar-refractivity contribution >= 4 is 11.9 Å². The molecule has 0 aromatic heterocycles. The monoisotopic (exact) mass is 431 g/mol. The van der Waals surface area contributed by atoms with Crippen LogP contribution in [0.4, 0.5) is 4.39 Å². The number of benzene rings is 3. The van der Waals surface area contributed by atoms with Gasteiger partial charge in [-0.1, -0.05) is 36.4 Å². The van der Waals surface area contributed by atoms with Crippen LogP contribution in [0.5, 0.6) is 17.2 Å². The number of ketones is 1. The van der Waals surface area contributed by atoms with Crippen LogP contribution in [0.25, 0.3) is 6.08 Å². The van der Waals surface area contributed by atoms with E-state index in [-0.39, 0.29) is 11.5 Å². The van der Waals surface area contributed by atoms with Crippen LogP contribution in [0.1, 0.15) is 27.0 Å².